The first kappa shape index (κ1) is 29.8. The molecule has 0 spiro atoms. The van der Waals surface area contributed by atoms with Gasteiger partial charge in [-0.15, -0.1) is 0 Å². The SMILES string of the molecule is C.CC.CC.CC(C)CCCC[C@@H]1CCC2C3CC=C4CC(C)CC[C@@]4(C)C3CC[C@]21C. The van der Waals surface area contributed by atoms with Crippen molar-refractivity contribution in [3.8, 4) is 0 Å². The fraction of sp³-hybridized carbons (Fsp3) is 0.938. The summed E-state index contributed by atoms with van der Waals surface area (Å²) in [6.07, 6.45) is 20.6. The van der Waals surface area contributed by atoms with Gasteiger partial charge in [0.15, 0.2) is 0 Å². The van der Waals surface area contributed by atoms with E-state index in [1.807, 2.05) is 33.3 Å². The second-order valence-corrected chi connectivity index (χ2v) is 12.1. The summed E-state index contributed by atoms with van der Waals surface area (Å²) in [5.41, 5.74) is 3.10. The maximum atomic E-state index is 2.75. The average molecular weight is 447 g/mol. The Morgan fingerprint density at radius 3 is 2.25 bits per heavy atom. The van der Waals surface area contributed by atoms with E-state index in [0.717, 1.165) is 35.5 Å². The normalized spacial score (nSPS) is 39.7. The third-order valence-electron chi connectivity index (χ3n) is 10.1. The van der Waals surface area contributed by atoms with Gasteiger partial charge in [0.1, 0.15) is 0 Å². The zero-order valence-corrected chi connectivity index (χ0v) is 23.0. The van der Waals surface area contributed by atoms with Crippen molar-refractivity contribution in [1.82, 2.24) is 0 Å². The van der Waals surface area contributed by atoms with Gasteiger partial charge in [-0.05, 0) is 104 Å². The van der Waals surface area contributed by atoms with E-state index in [2.05, 4.69) is 40.7 Å². The Hall–Kier alpha value is -0.260. The summed E-state index contributed by atoms with van der Waals surface area (Å²) in [6.45, 7) is 20.6. The van der Waals surface area contributed by atoms with Gasteiger partial charge < -0.3 is 0 Å². The lowest BCUT2D eigenvalue weighted by Gasteiger charge is -2.58. The van der Waals surface area contributed by atoms with Gasteiger partial charge in [0, 0.05) is 0 Å². The van der Waals surface area contributed by atoms with E-state index in [0.29, 0.717) is 10.8 Å². The highest BCUT2D eigenvalue weighted by molar-refractivity contribution is 5.24. The van der Waals surface area contributed by atoms with Crippen LogP contribution in [0.15, 0.2) is 11.6 Å². The quantitative estimate of drug-likeness (QED) is 0.291. The first-order valence-corrected chi connectivity index (χ1v) is 14.5. The van der Waals surface area contributed by atoms with E-state index in [9.17, 15) is 0 Å². The van der Waals surface area contributed by atoms with Crippen LogP contribution in [0.2, 0.25) is 0 Å². The molecule has 0 heteroatoms. The number of rotatable bonds is 5. The molecule has 4 rings (SSSR count). The molecule has 0 saturated heterocycles. The van der Waals surface area contributed by atoms with Gasteiger partial charge in [-0.2, -0.15) is 0 Å². The van der Waals surface area contributed by atoms with Crippen molar-refractivity contribution in [2.24, 2.45) is 46.3 Å². The fourth-order valence-electron chi connectivity index (χ4n) is 8.37. The Labute approximate surface area is 204 Å². The Bertz CT molecular complexity index is 556. The highest BCUT2D eigenvalue weighted by atomic mass is 14.6. The molecule has 190 valence electrons. The molecule has 0 aliphatic heterocycles. The molecule has 0 bridgehead atoms. The van der Waals surface area contributed by atoms with E-state index >= 15 is 0 Å². The third kappa shape index (κ3) is 5.86. The lowest BCUT2D eigenvalue weighted by molar-refractivity contribution is -0.0450. The Kier molecular flexibility index (Phi) is 12.1. The van der Waals surface area contributed by atoms with Gasteiger partial charge in [0.05, 0.1) is 0 Å². The van der Waals surface area contributed by atoms with Gasteiger partial charge in [-0.25, -0.2) is 0 Å². The predicted octanol–water partition coefficient (Wildman–Crippen LogP) is 11.1. The van der Waals surface area contributed by atoms with Crippen molar-refractivity contribution < 1.29 is 0 Å². The topological polar surface area (TPSA) is 0 Å². The van der Waals surface area contributed by atoms with Crippen molar-refractivity contribution >= 4 is 0 Å². The number of unbranched alkanes of at least 4 members (excludes halogenated alkanes) is 1. The van der Waals surface area contributed by atoms with E-state index in [4.69, 9.17) is 0 Å². The molecule has 0 amide bonds. The van der Waals surface area contributed by atoms with E-state index < -0.39 is 0 Å². The first-order chi connectivity index (χ1) is 14.8. The maximum Gasteiger partial charge on any atom is -0.00851 e. The second-order valence-electron chi connectivity index (χ2n) is 12.1. The highest BCUT2D eigenvalue weighted by Gasteiger charge is 2.58. The van der Waals surface area contributed by atoms with Gasteiger partial charge >= 0.3 is 0 Å². The van der Waals surface area contributed by atoms with Crippen molar-refractivity contribution in [2.45, 2.75) is 147 Å². The molecule has 3 fully saturated rings. The summed E-state index contributed by atoms with van der Waals surface area (Å²) in [6, 6.07) is 0. The zero-order valence-electron chi connectivity index (χ0n) is 23.0. The van der Waals surface area contributed by atoms with Crippen molar-refractivity contribution in [1.29, 1.82) is 0 Å². The number of hydrogen-bond acceptors (Lipinski definition) is 0. The molecule has 7 atom stereocenters. The van der Waals surface area contributed by atoms with Crippen LogP contribution in [0.3, 0.4) is 0 Å². The minimum absolute atomic E-state index is 0. The van der Waals surface area contributed by atoms with Crippen molar-refractivity contribution in [3.63, 3.8) is 0 Å². The summed E-state index contributed by atoms with van der Waals surface area (Å²) < 4.78 is 0. The van der Waals surface area contributed by atoms with Crippen LogP contribution in [-0.4, -0.2) is 0 Å². The van der Waals surface area contributed by atoms with Crippen LogP contribution < -0.4 is 0 Å². The zero-order chi connectivity index (χ0) is 23.2. The number of hydrogen-bond donors (Lipinski definition) is 0. The van der Waals surface area contributed by atoms with Gasteiger partial charge in [-0.3, -0.25) is 0 Å². The molecule has 0 N–H and O–H groups in total. The molecule has 0 aromatic rings. The van der Waals surface area contributed by atoms with E-state index in [1.54, 1.807) is 6.42 Å². The van der Waals surface area contributed by atoms with Crippen LogP contribution in [0.5, 0.6) is 0 Å². The van der Waals surface area contributed by atoms with Crippen LogP contribution in [0.4, 0.5) is 0 Å². The summed E-state index contributed by atoms with van der Waals surface area (Å²) >= 11 is 0. The van der Waals surface area contributed by atoms with E-state index in [1.165, 1.54) is 70.6 Å². The minimum atomic E-state index is 0. The largest absolute Gasteiger partial charge is 0.0845 e. The molecule has 0 aromatic heterocycles. The Balaban J connectivity index is 0.000000971. The molecule has 0 aromatic carbocycles. The summed E-state index contributed by atoms with van der Waals surface area (Å²) in [7, 11) is 0. The Morgan fingerprint density at radius 1 is 0.906 bits per heavy atom. The van der Waals surface area contributed by atoms with E-state index in [-0.39, 0.29) is 7.43 Å². The summed E-state index contributed by atoms with van der Waals surface area (Å²) in [5.74, 6) is 5.88. The number of fused-ring (bicyclic) bond motifs is 5. The third-order valence-corrected chi connectivity index (χ3v) is 10.1. The van der Waals surface area contributed by atoms with Crippen LogP contribution >= 0.6 is 0 Å². The molecule has 0 nitrogen and oxygen atoms in total. The lowest BCUT2D eigenvalue weighted by atomic mass is 9.47. The second kappa shape index (κ2) is 13.0. The first-order valence-electron chi connectivity index (χ1n) is 14.5. The lowest BCUT2D eigenvalue weighted by Crippen LogP contribution is -2.49. The fourth-order valence-corrected chi connectivity index (χ4v) is 8.37. The van der Waals surface area contributed by atoms with Gasteiger partial charge in [-0.1, -0.05) is 101 Å². The predicted molar refractivity (Wildman–Crippen MR) is 147 cm³/mol. The van der Waals surface area contributed by atoms with Gasteiger partial charge in [0.2, 0.25) is 0 Å². The molecule has 3 saturated carbocycles. The summed E-state index contributed by atoms with van der Waals surface area (Å²) in [4.78, 5) is 0. The monoisotopic (exact) mass is 446 g/mol. The average Bonchev–Trinajstić information content (AvgIpc) is 3.11. The van der Waals surface area contributed by atoms with Crippen LogP contribution in [0.25, 0.3) is 0 Å². The van der Waals surface area contributed by atoms with Crippen LogP contribution in [0.1, 0.15) is 147 Å². The molecule has 0 radical (unpaired) electrons. The molecule has 0 heterocycles. The minimum Gasteiger partial charge on any atom is -0.0845 e. The summed E-state index contributed by atoms with van der Waals surface area (Å²) in [5, 5.41) is 0. The Morgan fingerprint density at radius 2 is 1.59 bits per heavy atom. The molecule has 4 aliphatic rings. The molecule has 4 unspecified atom stereocenters. The standard InChI is InChI=1S/C27H46.2C2H6.CH4/c1-19(2)8-6-7-9-21-11-13-24-23-12-10-22-18-20(3)14-16-27(22,5)25(23)15-17-26(21,24)4;2*1-2;/h10,19-21,23-25H,6-9,11-18H2,1-5H3;2*1-2H3;1H4/t20?,21-,23?,24?,25?,26+,27-;;;/m1.../s1. The maximum absolute atomic E-state index is 2.75. The smallest absolute Gasteiger partial charge is 0.00851 e. The highest BCUT2D eigenvalue weighted by Crippen LogP contribution is 2.67. The molecular formula is C32H62. The molecule has 32 heavy (non-hydrogen) atoms. The van der Waals surface area contributed by atoms with Crippen molar-refractivity contribution in [2.75, 3.05) is 0 Å². The molecular weight excluding hydrogens is 384 g/mol. The molecule has 4 aliphatic carbocycles. The van der Waals surface area contributed by atoms with Crippen LogP contribution in [0, 0.1) is 46.3 Å². The van der Waals surface area contributed by atoms with Gasteiger partial charge in [0.25, 0.3) is 0 Å². The van der Waals surface area contributed by atoms with Crippen LogP contribution in [-0.2, 0) is 0 Å². The van der Waals surface area contributed by atoms with Crippen molar-refractivity contribution in [3.05, 3.63) is 11.6 Å². The number of allylic oxidation sites excluding steroid dienone is 2.